The molecule has 108 valence electrons. The molecule has 1 heterocycles. The van der Waals surface area contributed by atoms with E-state index in [-0.39, 0.29) is 10.9 Å². The number of nitrogen functional groups attached to an aromatic ring is 1. The molecule has 0 aliphatic rings. The lowest BCUT2D eigenvalue weighted by Crippen LogP contribution is -2.34. The zero-order chi connectivity index (χ0) is 14.8. The van der Waals surface area contributed by atoms with E-state index in [1.165, 1.54) is 0 Å². The molecular weight excluding hydrogens is 292 g/mol. The van der Waals surface area contributed by atoms with Crippen LogP contribution in [0, 0.1) is 6.92 Å². The second-order valence-corrected chi connectivity index (χ2v) is 7.29. The van der Waals surface area contributed by atoms with E-state index < -0.39 is 10.0 Å². The Hall–Kier alpha value is -1.37. The third kappa shape index (κ3) is 3.39. The van der Waals surface area contributed by atoms with Gasteiger partial charge in [0.05, 0.1) is 4.90 Å². The van der Waals surface area contributed by atoms with Gasteiger partial charge in [0.2, 0.25) is 10.0 Å². The van der Waals surface area contributed by atoms with Gasteiger partial charge in [-0.2, -0.15) is 11.3 Å². The van der Waals surface area contributed by atoms with Gasteiger partial charge < -0.3 is 5.73 Å². The van der Waals surface area contributed by atoms with Crippen molar-refractivity contribution in [3.05, 3.63) is 46.2 Å². The van der Waals surface area contributed by atoms with Gasteiger partial charge in [0.25, 0.3) is 0 Å². The van der Waals surface area contributed by atoms with Gasteiger partial charge in [0.15, 0.2) is 0 Å². The van der Waals surface area contributed by atoms with Crippen molar-refractivity contribution in [1.82, 2.24) is 4.72 Å². The van der Waals surface area contributed by atoms with E-state index in [9.17, 15) is 8.42 Å². The van der Waals surface area contributed by atoms with Gasteiger partial charge in [0.1, 0.15) is 0 Å². The fraction of sp³-hybridized carbons (Fsp3) is 0.286. The highest BCUT2D eigenvalue weighted by Gasteiger charge is 2.20. The third-order valence-corrected chi connectivity index (χ3v) is 5.56. The van der Waals surface area contributed by atoms with Gasteiger partial charge in [-0.05, 0) is 60.4 Å². The molecule has 0 amide bonds. The van der Waals surface area contributed by atoms with Crippen LogP contribution in [0.5, 0.6) is 0 Å². The lowest BCUT2D eigenvalue weighted by molar-refractivity contribution is 0.559. The number of nitrogens with one attached hydrogen (secondary N) is 1. The lowest BCUT2D eigenvalue weighted by atomic mass is 10.1. The van der Waals surface area contributed by atoms with Gasteiger partial charge in [-0.15, -0.1) is 0 Å². The molecule has 1 unspecified atom stereocenters. The maximum atomic E-state index is 12.4. The van der Waals surface area contributed by atoms with Crippen LogP contribution in [0.25, 0.3) is 0 Å². The van der Waals surface area contributed by atoms with Crippen LogP contribution in [0.3, 0.4) is 0 Å². The van der Waals surface area contributed by atoms with E-state index in [2.05, 4.69) is 4.72 Å². The smallest absolute Gasteiger partial charge is 0.241 e. The number of rotatable bonds is 5. The Labute approximate surface area is 123 Å². The van der Waals surface area contributed by atoms with Crippen LogP contribution >= 0.6 is 11.3 Å². The minimum atomic E-state index is -3.54. The Kier molecular flexibility index (Phi) is 4.47. The minimum Gasteiger partial charge on any atom is -0.398 e. The molecule has 1 atom stereocenters. The maximum absolute atomic E-state index is 12.4. The fourth-order valence-corrected chi connectivity index (χ4v) is 4.26. The van der Waals surface area contributed by atoms with Crippen LogP contribution in [0.15, 0.2) is 39.9 Å². The van der Waals surface area contributed by atoms with Crippen LogP contribution in [-0.4, -0.2) is 14.5 Å². The molecule has 20 heavy (non-hydrogen) atoms. The summed E-state index contributed by atoms with van der Waals surface area (Å²) in [5.74, 6) is 0. The second-order valence-electron chi connectivity index (χ2n) is 4.83. The highest BCUT2D eigenvalue weighted by atomic mass is 32.2. The van der Waals surface area contributed by atoms with Crippen molar-refractivity contribution in [3.8, 4) is 0 Å². The van der Waals surface area contributed by atoms with Gasteiger partial charge in [0, 0.05) is 11.7 Å². The summed E-state index contributed by atoms with van der Waals surface area (Å²) < 4.78 is 27.5. The molecule has 0 fully saturated rings. The summed E-state index contributed by atoms with van der Waals surface area (Å²) in [7, 11) is -3.54. The van der Waals surface area contributed by atoms with Gasteiger partial charge in [-0.3, -0.25) is 0 Å². The van der Waals surface area contributed by atoms with E-state index in [1.807, 2.05) is 23.8 Å². The third-order valence-electron chi connectivity index (χ3n) is 3.09. The van der Waals surface area contributed by atoms with Gasteiger partial charge >= 0.3 is 0 Å². The molecule has 0 saturated carbocycles. The first-order valence-electron chi connectivity index (χ1n) is 6.28. The summed E-state index contributed by atoms with van der Waals surface area (Å²) in [4.78, 5) is 0.245. The number of anilines is 1. The summed E-state index contributed by atoms with van der Waals surface area (Å²) in [6, 6.07) is 6.76. The van der Waals surface area contributed by atoms with Crippen LogP contribution in [0.1, 0.15) is 18.1 Å². The molecule has 0 aliphatic carbocycles. The number of hydrogen-bond acceptors (Lipinski definition) is 4. The predicted octanol–water partition coefficient (Wildman–Crippen LogP) is 2.55. The first kappa shape index (κ1) is 15.0. The predicted molar refractivity (Wildman–Crippen MR) is 83.4 cm³/mol. The molecule has 0 spiro atoms. The molecule has 4 nitrogen and oxygen atoms in total. The zero-order valence-corrected chi connectivity index (χ0v) is 13.1. The molecule has 0 aliphatic heterocycles. The average Bonchev–Trinajstić information content (AvgIpc) is 2.84. The summed E-state index contributed by atoms with van der Waals surface area (Å²) in [5, 5.41) is 4.01. The first-order chi connectivity index (χ1) is 9.40. The van der Waals surface area contributed by atoms with Gasteiger partial charge in [-0.1, -0.05) is 6.07 Å². The Balaban J connectivity index is 2.16. The van der Waals surface area contributed by atoms with Crippen molar-refractivity contribution in [2.45, 2.75) is 31.2 Å². The topological polar surface area (TPSA) is 72.2 Å². The van der Waals surface area contributed by atoms with E-state index in [0.717, 1.165) is 5.56 Å². The standard InChI is InChI=1S/C14H18N2O2S2/c1-10(8-12-6-7-19-9-12)16-20(17,18)14-5-3-4-13(15)11(14)2/h3-7,9-10,16H,8,15H2,1-2H3. The molecule has 0 radical (unpaired) electrons. The normalized spacial score (nSPS) is 13.3. The molecule has 0 bridgehead atoms. The van der Waals surface area contributed by atoms with Crippen LogP contribution < -0.4 is 10.5 Å². The van der Waals surface area contributed by atoms with E-state index in [0.29, 0.717) is 17.7 Å². The summed E-state index contributed by atoms with van der Waals surface area (Å²) >= 11 is 1.61. The van der Waals surface area contributed by atoms with E-state index >= 15 is 0 Å². The van der Waals surface area contributed by atoms with Crippen molar-refractivity contribution >= 4 is 27.0 Å². The number of nitrogens with two attached hydrogens (primary N) is 1. The quantitative estimate of drug-likeness (QED) is 0.834. The highest BCUT2D eigenvalue weighted by Crippen LogP contribution is 2.21. The summed E-state index contributed by atoms with van der Waals surface area (Å²) in [6.45, 7) is 3.57. The Morgan fingerprint density at radius 2 is 2.10 bits per heavy atom. The van der Waals surface area contributed by atoms with Crippen LogP contribution in [-0.2, 0) is 16.4 Å². The molecule has 2 rings (SSSR count). The number of thiophene rings is 1. The number of hydrogen-bond donors (Lipinski definition) is 2. The van der Waals surface area contributed by atoms with E-state index in [4.69, 9.17) is 5.73 Å². The second kappa shape index (κ2) is 5.95. The lowest BCUT2D eigenvalue weighted by Gasteiger charge is -2.15. The molecule has 1 aromatic carbocycles. The average molecular weight is 310 g/mol. The first-order valence-corrected chi connectivity index (χ1v) is 8.71. The van der Waals surface area contributed by atoms with Crippen molar-refractivity contribution < 1.29 is 8.42 Å². The highest BCUT2D eigenvalue weighted by molar-refractivity contribution is 7.89. The molecule has 1 aromatic heterocycles. The number of sulfonamides is 1. The molecule has 2 aromatic rings. The van der Waals surface area contributed by atoms with Crippen molar-refractivity contribution in [3.63, 3.8) is 0 Å². The largest absolute Gasteiger partial charge is 0.398 e. The monoisotopic (exact) mass is 310 g/mol. The molecular formula is C14H18N2O2S2. The Morgan fingerprint density at radius 1 is 1.35 bits per heavy atom. The SMILES string of the molecule is Cc1c(N)cccc1S(=O)(=O)NC(C)Cc1ccsc1. The van der Waals surface area contributed by atoms with Gasteiger partial charge in [-0.25, -0.2) is 13.1 Å². The zero-order valence-electron chi connectivity index (χ0n) is 11.5. The Bertz CT molecular complexity index is 679. The summed E-state index contributed by atoms with van der Waals surface area (Å²) in [5.41, 5.74) is 7.97. The summed E-state index contributed by atoms with van der Waals surface area (Å²) in [6.07, 6.45) is 0.671. The van der Waals surface area contributed by atoms with Crippen LogP contribution in [0.4, 0.5) is 5.69 Å². The molecule has 0 saturated heterocycles. The van der Waals surface area contributed by atoms with Crippen molar-refractivity contribution in [1.29, 1.82) is 0 Å². The fourth-order valence-electron chi connectivity index (χ4n) is 2.05. The minimum absolute atomic E-state index is 0.171. The number of benzene rings is 1. The van der Waals surface area contributed by atoms with E-state index in [1.54, 1.807) is 36.5 Å². The van der Waals surface area contributed by atoms with Crippen molar-refractivity contribution in [2.24, 2.45) is 0 Å². The Morgan fingerprint density at radius 3 is 2.75 bits per heavy atom. The maximum Gasteiger partial charge on any atom is 0.241 e. The molecule has 6 heteroatoms. The van der Waals surface area contributed by atoms with Crippen LogP contribution in [0.2, 0.25) is 0 Å². The van der Waals surface area contributed by atoms with Crippen molar-refractivity contribution in [2.75, 3.05) is 5.73 Å². The molecule has 3 N–H and O–H groups in total.